The molecule has 1 N–H and O–H groups in total. The summed E-state index contributed by atoms with van der Waals surface area (Å²) in [5.74, 6) is 0.927. The van der Waals surface area contributed by atoms with Crippen LogP contribution in [0.25, 0.3) is 11.1 Å². The molecule has 0 saturated heterocycles. The summed E-state index contributed by atoms with van der Waals surface area (Å²) in [6.45, 7) is 0.595. The van der Waals surface area contributed by atoms with Crippen molar-refractivity contribution >= 4 is 17.1 Å². The molecule has 0 saturated carbocycles. The van der Waals surface area contributed by atoms with Crippen LogP contribution in [0.3, 0.4) is 0 Å². The van der Waals surface area contributed by atoms with Crippen LogP contribution in [-0.2, 0) is 0 Å². The van der Waals surface area contributed by atoms with Gasteiger partial charge in [0.05, 0.1) is 6.04 Å². The molecular formula is C15H12N2O2. The summed E-state index contributed by atoms with van der Waals surface area (Å²) in [6.07, 6.45) is 0. The zero-order valence-electron chi connectivity index (χ0n) is 10.2. The zero-order valence-corrected chi connectivity index (χ0v) is 10.2. The van der Waals surface area contributed by atoms with Crippen LogP contribution in [-0.4, -0.2) is 11.6 Å². The summed E-state index contributed by atoms with van der Waals surface area (Å²) >= 11 is 0. The molecule has 1 aliphatic rings. The molecule has 2 heterocycles. The number of hydrogen-bond acceptors (Lipinski definition) is 4. The van der Waals surface area contributed by atoms with Crippen molar-refractivity contribution < 1.29 is 9.15 Å². The van der Waals surface area contributed by atoms with Gasteiger partial charge >= 0.3 is 0 Å². The van der Waals surface area contributed by atoms with Gasteiger partial charge < -0.3 is 14.5 Å². The number of nitrogens with one attached hydrogen (secondary N) is 1. The lowest BCUT2D eigenvalue weighted by Crippen LogP contribution is -2.11. The Morgan fingerprint density at radius 2 is 1.89 bits per heavy atom. The fraction of sp³-hybridized carbons (Fsp3) is 0.133. The van der Waals surface area contributed by atoms with Gasteiger partial charge in [0, 0.05) is 5.56 Å². The van der Waals surface area contributed by atoms with Gasteiger partial charge in [-0.25, -0.2) is 0 Å². The van der Waals surface area contributed by atoms with Gasteiger partial charge in [-0.2, -0.15) is 4.98 Å². The molecule has 4 heteroatoms. The number of aromatic nitrogens is 1. The Hall–Kier alpha value is -2.49. The van der Waals surface area contributed by atoms with Crippen molar-refractivity contribution in [2.45, 2.75) is 6.04 Å². The second-order valence-electron chi connectivity index (χ2n) is 4.53. The monoisotopic (exact) mass is 252 g/mol. The first kappa shape index (κ1) is 10.4. The highest BCUT2D eigenvalue weighted by Gasteiger charge is 2.24. The third kappa shape index (κ3) is 1.73. The fourth-order valence-corrected chi connectivity index (χ4v) is 2.37. The van der Waals surface area contributed by atoms with Crippen LogP contribution in [0.2, 0.25) is 0 Å². The largest absolute Gasteiger partial charge is 0.491 e. The second kappa shape index (κ2) is 4.02. The van der Waals surface area contributed by atoms with Crippen molar-refractivity contribution in [1.29, 1.82) is 0 Å². The molecule has 94 valence electrons. The summed E-state index contributed by atoms with van der Waals surface area (Å²) < 4.78 is 11.3. The number of oxazole rings is 1. The summed E-state index contributed by atoms with van der Waals surface area (Å²) in [5.41, 5.74) is 2.79. The third-order valence-electron chi connectivity index (χ3n) is 3.29. The SMILES string of the molecule is c1ccc2c(c1)OC[C@@H]2Nc1nc2ccccc2o1. The van der Waals surface area contributed by atoms with Gasteiger partial charge in [-0.15, -0.1) is 0 Å². The van der Waals surface area contributed by atoms with Gasteiger partial charge in [0.2, 0.25) is 0 Å². The van der Waals surface area contributed by atoms with E-state index in [-0.39, 0.29) is 6.04 Å². The van der Waals surface area contributed by atoms with E-state index in [1.165, 1.54) is 0 Å². The predicted octanol–water partition coefficient (Wildman–Crippen LogP) is 3.37. The lowest BCUT2D eigenvalue weighted by Gasteiger charge is -2.08. The molecule has 1 atom stereocenters. The maximum Gasteiger partial charge on any atom is 0.296 e. The molecular weight excluding hydrogens is 240 g/mol. The highest BCUT2D eigenvalue weighted by molar-refractivity contribution is 5.74. The Morgan fingerprint density at radius 1 is 1.05 bits per heavy atom. The van der Waals surface area contributed by atoms with E-state index >= 15 is 0 Å². The first-order chi connectivity index (χ1) is 9.40. The van der Waals surface area contributed by atoms with Crippen molar-refractivity contribution in [3.8, 4) is 5.75 Å². The van der Waals surface area contributed by atoms with Gasteiger partial charge in [-0.05, 0) is 18.2 Å². The number of fused-ring (bicyclic) bond motifs is 2. The van der Waals surface area contributed by atoms with E-state index in [1.54, 1.807) is 0 Å². The average molecular weight is 252 g/mol. The Kier molecular flexibility index (Phi) is 2.21. The highest BCUT2D eigenvalue weighted by Crippen LogP contribution is 2.34. The van der Waals surface area contributed by atoms with Crippen LogP contribution in [0.5, 0.6) is 5.75 Å². The quantitative estimate of drug-likeness (QED) is 0.759. The standard InChI is InChI=1S/C15H12N2O2/c1-3-7-13-10(5-1)12(9-18-13)17-15-16-11-6-2-4-8-14(11)19-15/h1-8,12H,9H2,(H,16,17)/t12-/m0/s1. The minimum Gasteiger partial charge on any atom is -0.491 e. The van der Waals surface area contributed by atoms with E-state index in [1.807, 2.05) is 42.5 Å². The van der Waals surface area contributed by atoms with Crippen molar-refractivity contribution in [3.63, 3.8) is 0 Å². The Morgan fingerprint density at radius 3 is 2.84 bits per heavy atom. The number of nitrogens with zero attached hydrogens (tertiary/aromatic N) is 1. The minimum atomic E-state index is 0.0873. The highest BCUT2D eigenvalue weighted by atomic mass is 16.5. The van der Waals surface area contributed by atoms with Crippen LogP contribution in [0, 0.1) is 0 Å². The number of hydrogen-bond donors (Lipinski definition) is 1. The third-order valence-corrected chi connectivity index (χ3v) is 3.29. The Labute approximate surface area is 110 Å². The topological polar surface area (TPSA) is 47.3 Å². The van der Waals surface area contributed by atoms with Crippen LogP contribution in [0.1, 0.15) is 11.6 Å². The summed E-state index contributed by atoms with van der Waals surface area (Å²) in [6, 6.07) is 16.4. The van der Waals surface area contributed by atoms with E-state index < -0.39 is 0 Å². The predicted molar refractivity (Wildman–Crippen MR) is 72.3 cm³/mol. The molecule has 0 bridgehead atoms. The maximum atomic E-state index is 5.67. The van der Waals surface area contributed by atoms with Crippen molar-refractivity contribution in [3.05, 3.63) is 54.1 Å². The number of anilines is 1. The first-order valence-electron chi connectivity index (χ1n) is 6.24. The van der Waals surface area contributed by atoms with Crippen LogP contribution < -0.4 is 10.1 Å². The van der Waals surface area contributed by atoms with Crippen molar-refractivity contribution in [1.82, 2.24) is 4.98 Å². The molecule has 0 aliphatic carbocycles. The number of rotatable bonds is 2. The van der Waals surface area contributed by atoms with E-state index in [0.29, 0.717) is 12.6 Å². The zero-order chi connectivity index (χ0) is 12.7. The summed E-state index contributed by atoms with van der Waals surface area (Å²) in [4.78, 5) is 4.42. The molecule has 4 nitrogen and oxygen atoms in total. The molecule has 1 aliphatic heterocycles. The number of benzene rings is 2. The molecule has 0 radical (unpaired) electrons. The van der Waals surface area contributed by atoms with Crippen LogP contribution in [0.15, 0.2) is 52.9 Å². The molecule has 4 rings (SSSR count). The number of ether oxygens (including phenoxy) is 1. The van der Waals surface area contributed by atoms with E-state index in [2.05, 4.69) is 16.4 Å². The van der Waals surface area contributed by atoms with Gasteiger partial charge in [0.15, 0.2) is 5.58 Å². The second-order valence-corrected chi connectivity index (χ2v) is 4.53. The molecule has 1 aromatic heterocycles. The van der Waals surface area contributed by atoms with Gasteiger partial charge in [-0.3, -0.25) is 0 Å². The molecule has 0 spiro atoms. The minimum absolute atomic E-state index is 0.0873. The lowest BCUT2D eigenvalue weighted by atomic mass is 10.1. The van der Waals surface area contributed by atoms with E-state index in [4.69, 9.17) is 9.15 Å². The lowest BCUT2D eigenvalue weighted by molar-refractivity contribution is 0.338. The smallest absolute Gasteiger partial charge is 0.296 e. The Balaban J connectivity index is 1.65. The molecule has 0 fully saturated rings. The summed E-state index contributed by atoms with van der Waals surface area (Å²) in [5, 5.41) is 3.28. The normalized spacial score (nSPS) is 17.2. The average Bonchev–Trinajstić information content (AvgIpc) is 3.03. The van der Waals surface area contributed by atoms with Crippen LogP contribution >= 0.6 is 0 Å². The van der Waals surface area contributed by atoms with E-state index in [9.17, 15) is 0 Å². The molecule has 3 aromatic rings. The van der Waals surface area contributed by atoms with Gasteiger partial charge in [0.25, 0.3) is 6.01 Å². The molecule has 2 aromatic carbocycles. The molecule has 19 heavy (non-hydrogen) atoms. The Bertz CT molecular complexity index is 703. The molecule has 0 amide bonds. The maximum absolute atomic E-state index is 5.67. The van der Waals surface area contributed by atoms with Gasteiger partial charge in [-0.1, -0.05) is 30.3 Å². The number of para-hydroxylation sites is 3. The molecule has 0 unspecified atom stereocenters. The van der Waals surface area contributed by atoms with Gasteiger partial charge in [0.1, 0.15) is 17.9 Å². The fourth-order valence-electron chi connectivity index (χ4n) is 2.37. The first-order valence-corrected chi connectivity index (χ1v) is 6.24. The van der Waals surface area contributed by atoms with Crippen molar-refractivity contribution in [2.24, 2.45) is 0 Å². The summed E-state index contributed by atoms with van der Waals surface area (Å²) in [7, 11) is 0. The van der Waals surface area contributed by atoms with Crippen molar-refractivity contribution in [2.75, 3.05) is 11.9 Å². The van der Waals surface area contributed by atoms with E-state index in [0.717, 1.165) is 22.4 Å². The van der Waals surface area contributed by atoms with Crippen LogP contribution in [0.4, 0.5) is 6.01 Å².